The average molecular weight is 266 g/mol. The van der Waals surface area contributed by atoms with E-state index in [1.54, 1.807) is 12.1 Å². The van der Waals surface area contributed by atoms with Gasteiger partial charge in [0.25, 0.3) is 0 Å². The number of rotatable bonds is 2. The lowest BCUT2D eigenvalue weighted by atomic mass is 10.2. The number of hydrogen-bond acceptors (Lipinski definition) is 3. The molecule has 1 unspecified atom stereocenters. The van der Waals surface area contributed by atoms with E-state index in [0.717, 1.165) is 6.42 Å². The van der Waals surface area contributed by atoms with Gasteiger partial charge in [-0.15, -0.1) is 0 Å². The van der Waals surface area contributed by atoms with E-state index < -0.39 is 0 Å². The van der Waals surface area contributed by atoms with Gasteiger partial charge in [0.05, 0.1) is 35.0 Å². The molecule has 1 aliphatic rings. The number of ether oxygens (including phenoxy) is 1. The molecule has 2 rings (SSSR count). The highest BCUT2D eigenvalue weighted by atomic mass is 35.5. The van der Waals surface area contributed by atoms with Crippen molar-refractivity contribution in [1.29, 1.82) is 5.26 Å². The van der Waals surface area contributed by atoms with Gasteiger partial charge in [0, 0.05) is 6.61 Å². The molecule has 1 aromatic rings. The second kappa shape index (κ2) is 5.71. The zero-order chi connectivity index (χ0) is 13.0. The fraction of sp³-hybridized carbons (Fsp3) is 0.333. The molecular weight excluding hydrogens is 254 g/mol. The number of benzene rings is 1. The zero-order valence-corrected chi connectivity index (χ0v) is 10.3. The molecule has 0 aliphatic carbocycles. The molecule has 5 nitrogen and oxygen atoms in total. The van der Waals surface area contributed by atoms with Gasteiger partial charge < -0.3 is 15.4 Å². The van der Waals surface area contributed by atoms with Crippen LogP contribution in [0, 0.1) is 11.3 Å². The Kier molecular flexibility index (Phi) is 4.03. The number of carbonyl (C=O) groups is 1. The van der Waals surface area contributed by atoms with Gasteiger partial charge in [-0.3, -0.25) is 0 Å². The van der Waals surface area contributed by atoms with Crippen molar-refractivity contribution < 1.29 is 9.53 Å². The topological polar surface area (TPSA) is 74.2 Å². The summed E-state index contributed by atoms with van der Waals surface area (Å²) in [6.45, 7) is 1.21. The largest absolute Gasteiger partial charge is 0.379 e. The molecule has 1 heterocycles. The first kappa shape index (κ1) is 12.7. The maximum atomic E-state index is 11.7. The highest BCUT2D eigenvalue weighted by molar-refractivity contribution is 6.33. The lowest BCUT2D eigenvalue weighted by molar-refractivity contribution is 0.189. The van der Waals surface area contributed by atoms with Gasteiger partial charge in [-0.1, -0.05) is 11.6 Å². The summed E-state index contributed by atoms with van der Waals surface area (Å²) in [7, 11) is 0. The molecule has 0 saturated carbocycles. The minimum absolute atomic E-state index is 0.0437. The van der Waals surface area contributed by atoms with Crippen molar-refractivity contribution in [1.82, 2.24) is 5.32 Å². The molecule has 0 aromatic heterocycles. The minimum Gasteiger partial charge on any atom is -0.379 e. The molecule has 2 N–H and O–H groups in total. The third kappa shape index (κ3) is 3.13. The van der Waals surface area contributed by atoms with Crippen molar-refractivity contribution in [3.05, 3.63) is 28.8 Å². The Balaban J connectivity index is 1.96. The molecule has 0 radical (unpaired) electrons. The van der Waals surface area contributed by atoms with Crippen LogP contribution in [0.4, 0.5) is 10.5 Å². The summed E-state index contributed by atoms with van der Waals surface area (Å²) < 4.78 is 5.16. The van der Waals surface area contributed by atoms with Gasteiger partial charge in [0.15, 0.2) is 0 Å². The van der Waals surface area contributed by atoms with Crippen LogP contribution in [-0.4, -0.2) is 25.3 Å². The Morgan fingerprint density at radius 3 is 3.00 bits per heavy atom. The molecule has 0 bridgehead atoms. The number of urea groups is 1. The van der Waals surface area contributed by atoms with Crippen LogP contribution in [0.5, 0.6) is 0 Å². The predicted octanol–water partition coefficient (Wildman–Crippen LogP) is 2.12. The first-order valence-corrected chi connectivity index (χ1v) is 5.92. The van der Waals surface area contributed by atoms with Crippen LogP contribution in [0.3, 0.4) is 0 Å². The summed E-state index contributed by atoms with van der Waals surface area (Å²) in [4.78, 5) is 11.7. The van der Waals surface area contributed by atoms with E-state index in [0.29, 0.717) is 29.5 Å². The maximum Gasteiger partial charge on any atom is 0.319 e. The van der Waals surface area contributed by atoms with Crippen LogP contribution >= 0.6 is 11.6 Å². The summed E-state index contributed by atoms with van der Waals surface area (Å²) in [5.74, 6) is 0. The Bertz CT molecular complexity index is 493. The fourth-order valence-corrected chi connectivity index (χ4v) is 1.91. The quantitative estimate of drug-likeness (QED) is 0.860. The van der Waals surface area contributed by atoms with Crippen molar-refractivity contribution in [2.75, 3.05) is 18.5 Å². The number of carbonyl (C=O) groups excluding carboxylic acids is 1. The van der Waals surface area contributed by atoms with Crippen molar-refractivity contribution in [3.63, 3.8) is 0 Å². The van der Waals surface area contributed by atoms with E-state index in [2.05, 4.69) is 10.6 Å². The van der Waals surface area contributed by atoms with Gasteiger partial charge >= 0.3 is 6.03 Å². The number of nitrogens with zero attached hydrogens (tertiary/aromatic N) is 1. The Morgan fingerprint density at radius 2 is 2.39 bits per heavy atom. The van der Waals surface area contributed by atoms with E-state index in [1.165, 1.54) is 6.07 Å². The summed E-state index contributed by atoms with van der Waals surface area (Å²) in [6.07, 6.45) is 0.814. The van der Waals surface area contributed by atoms with Gasteiger partial charge in [0.1, 0.15) is 0 Å². The molecule has 2 amide bonds. The third-order valence-corrected chi connectivity index (χ3v) is 2.92. The smallest absolute Gasteiger partial charge is 0.319 e. The monoisotopic (exact) mass is 265 g/mol. The van der Waals surface area contributed by atoms with E-state index in [1.807, 2.05) is 6.07 Å². The van der Waals surface area contributed by atoms with E-state index in [9.17, 15) is 4.79 Å². The van der Waals surface area contributed by atoms with Crippen LogP contribution in [0.15, 0.2) is 18.2 Å². The Hall–Kier alpha value is -1.77. The van der Waals surface area contributed by atoms with Crippen molar-refractivity contribution in [2.24, 2.45) is 0 Å². The van der Waals surface area contributed by atoms with Crippen LogP contribution in [-0.2, 0) is 4.74 Å². The van der Waals surface area contributed by atoms with Crippen molar-refractivity contribution in [2.45, 2.75) is 12.5 Å². The lowest BCUT2D eigenvalue weighted by Crippen LogP contribution is -2.38. The second-order valence-corrected chi connectivity index (χ2v) is 4.37. The summed E-state index contributed by atoms with van der Waals surface area (Å²) >= 11 is 5.95. The standard InChI is InChI=1S/C12H12ClN3O2/c13-10-5-8(6-14)1-2-11(10)16-12(17)15-9-3-4-18-7-9/h1-2,5,9H,3-4,7H2,(H2,15,16,17). The Labute approximate surface area is 110 Å². The van der Waals surface area contributed by atoms with Crippen LogP contribution in [0.25, 0.3) is 0 Å². The fourth-order valence-electron chi connectivity index (χ4n) is 1.68. The molecule has 0 spiro atoms. The molecule has 1 aromatic carbocycles. The van der Waals surface area contributed by atoms with Crippen LogP contribution in [0.1, 0.15) is 12.0 Å². The highest BCUT2D eigenvalue weighted by Crippen LogP contribution is 2.22. The van der Waals surface area contributed by atoms with Gasteiger partial charge in [-0.2, -0.15) is 5.26 Å². The van der Waals surface area contributed by atoms with Gasteiger partial charge in [0.2, 0.25) is 0 Å². The third-order valence-electron chi connectivity index (χ3n) is 2.61. The van der Waals surface area contributed by atoms with E-state index in [4.69, 9.17) is 21.6 Å². The second-order valence-electron chi connectivity index (χ2n) is 3.97. The zero-order valence-electron chi connectivity index (χ0n) is 9.57. The minimum atomic E-state index is -0.322. The van der Waals surface area contributed by atoms with E-state index in [-0.39, 0.29) is 12.1 Å². The van der Waals surface area contributed by atoms with Crippen LogP contribution in [0.2, 0.25) is 5.02 Å². The highest BCUT2D eigenvalue weighted by Gasteiger charge is 2.18. The van der Waals surface area contributed by atoms with Crippen LogP contribution < -0.4 is 10.6 Å². The summed E-state index contributed by atoms with van der Waals surface area (Å²) in [6, 6.07) is 6.41. The lowest BCUT2D eigenvalue weighted by Gasteiger charge is -2.12. The summed E-state index contributed by atoms with van der Waals surface area (Å²) in [5.41, 5.74) is 0.933. The SMILES string of the molecule is N#Cc1ccc(NC(=O)NC2CCOC2)c(Cl)c1. The number of nitriles is 1. The maximum absolute atomic E-state index is 11.7. The number of halogens is 1. The Morgan fingerprint density at radius 1 is 1.56 bits per heavy atom. The molecule has 1 saturated heterocycles. The predicted molar refractivity (Wildman–Crippen MR) is 67.5 cm³/mol. The number of anilines is 1. The summed E-state index contributed by atoms with van der Waals surface area (Å²) in [5, 5.41) is 14.5. The average Bonchev–Trinajstić information content (AvgIpc) is 2.84. The van der Waals surface area contributed by atoms with Crippen molar-refractivity contribution >= 4 is 23.3 Å². The molecule has 1 fully saturated rings. The van der Waals surface area contributed by atoms with Gasteiger partial charge in [-0.25, -0.2) is 4.79 Å². The number of amides is 2. The molecule has 1 aliphatic heterocycles. The normalized spacial score (nSPS) is 18.1. The first-order chi connectivity index (χ1) is 8.69. The molecular formula is C12H12ClN3O2. The molecule has 94 valence electrons. The molecule has 1 atom stereocenters. The molecule has 18 heavy (non-hydrogen) atoms. The van der Waals surface area contributed by atoms with Gasteiger partial charge in [-0.05, 0) is 24.6 Å². The first-order valence-electron chi connectivity index (χ1n) is 5.54. The number of nitrogens with one attached hydrogen (secondary N) is 2. The molecule has 6 heteroatoms. The van der Waals surface area contributed by atoms with E-state index >= 15 is 0 Å². The van der Waals surface area contributed by atoms with Crippen molar-refractivity contribution in [3.8, 4) is 6.07 Å². The number of hydrogen-bond donors (Lipinski definition) is 2.